The van der Waals surface area contributed by atoms with Crippen molar-refractivity contribution < 1.29 is 0 Å². The molecular formula is C16H25N. The maximum absolute atomic E-state index is 6.65. The first-order valence-corrected chi connectivity index (χ1v) is 6.79. The lowest BCUT2D eigenvalue weighted by Crippen LogP contribution is -2.43. The minimum absolute atomic E-state index is 0.0929. The molecule has 0 saturated heterocycles. The molecule has 94 valence electrons. The maximum Gasteiger partial charge on any atom is 0.0412 e. The quantitative estimate of drug-likeness (QED) is 0.779. The lowest BCUT2D eigenvalue weighted by atomic mass is 9.69. The van der Waals surface area contributed by atoms with Gasteiger partial charge < -0.3 is 5.73 Å². The van der Waals surface area contributed by atoms with Crippen molar-refractivity contribution in [1.29, 1.82) is 0 Å². The third-order valence-electron chi connectivity index (χ3n) is 4.79. The Bertz CT molecular complexity index is 410. The molecule has 1 aliphatic rings. The Morgan fingerprint density at radius 2 is 1.82 bits per heavy atom. The van der Waals surface area contributed by atoms with E-state index in [2.05, 4.69) is 45.9 Å². The van der Waals surface area contributed by atoms with E-state index in [1.165, 1.54) is 23.1 Å². The molecule has 3 unspecified atom stereocenters. The molecule has 1 aromatic carbocycles. The van der Waals surface area contributed by atoms with Crippen LogP contribution >= 0.6 is 0 Å². The minimum atomic E-state index is -0.0929. The van der Waals surface area contributed by atoms with Gasteiger partial charge in [-0.3, -0.25) is 0 Å². The summed E-state index contributed by atoms with van der Waals surface area (Å²) in [6, 6.07) is 6.73. The van der Waals surface area contributed by atoms with Crippen molar-refractivity contribution in [2.75, 3.05) is 0 Å². The molecule has 1 aliphatic carbocycles. The Morgan fingerprint density at radius 3 is 2.41 bits per heavy atom. The van der Waals surface area contributed by atoms with E-state index in [-0.39, 0.29) is 5.54 Å². The maximum atomic E-state index is 6.65. The Hall–Kier alpha value is -0.820. The second-order valence-corrected chi connectivity index (χ2v) is 6.15. The summed E-state index contributed by atoms with van der Waals surface area (Å²) < 4.78 is 0. The topological polar surface area (TPSA) is 26.0 Å². The molecule has 2 rings (SSSR count). The molecule has 1 fully saturated rings. The average molecular weight is 231 g/mol. The molecule has 1 nitrogen and oxygen atoms in total. The Labute approximate surface area is 105 Å². The Balaban J connectivity index is 2.29. The first-order valence-electron chi connectivity index (χ1n) is 6.79. The Kier molecular flexibility index (Phi) is 3.31. The van der Waals surface area contributed by atoms with E-state index >= 15 is 0 Å². The smallest absolute Gasteiger partial charge is 0.0412 e. The molecule has 1 aromatic rings. The van der Waals surface area contributed by atoms with Gasteiger partial charge in [-0.2, -0.15) is 0 Å². The van der Waals surface area contributed by atoms with Crippen LogP contribution in [0.5, 0.6) is 0 Å². The molecule has 2 N–H and O–H groups in total. The molecule has 17 heavy (non-hydrogen) atoms. The van der Waals surface area contributed by atoms with Crippen LogP contribution in [0.3, 0.4) is 0 Å². The summed E-state index contributed by atoms with van der Waals surface area (Å²) >= 11 is 0. The van der Waals surface area contributed by atoms with Crippen LogP contribution in [0, 0.1) is 25.7 Å². The van der Waals surface area contributed by atoms with Crippen LogP contribution in [0.2, 0.25) is 0 Å². The lowest BCUT2D eigenvalue weighted by molar-refractivity contribution is 0.177. The van der Waals surface area contributed by atoms with Crippen molar-refractivity contribution in [2.24, 2.45) is 17.6 Å². The predicted molar refractivity (Wildman–Crippen MR) is 74.0 cm³/mol. The summed E-state index contributed by atoms with van der Waals surface area (Å²) in [5.41, 5.74) is 10.6. The van der Waals surface area contributed by atoms with E-state index < -0.39 is 0 Å². The van der Waals surface area contributed by atoms with Gasteiger partial charge in [-0.15, -0.1) is 0 Å². The van der Waals surface area contributed by atoms with Gasteiger partial charge >= 0.3 is 0 Å². The number of benzene rings is 1. The zero-order chi connectivity index (χ0) is 12.6. The molecule has 1 saturated carbocycles. The molecule has 0 heterocycles. The van der Waals surface area contributed by atoms with E-state index in [4.69, 9.17) is 5.73 Å². The van der Waals surface area contributed by atoms with Crippen molar-refractivity contribution in [2.45, 2.75) is 52.5 Å². The standard InChI is InChI=1S/C16H25N/c1-11-5-6-15(9-13(11)3)16(17)8-7-12(2)14(4)10-16/h5-6,9,12,14H,7-8,10,17H2,1-4H3. The van der Waals surface area contributed by atoms with Gasteiger partial charge in [0, 0.05) is 5.54 Å². The zero-order valence-corrected chi connectivity index (χ0v) is 11.6. The highest BCUT2D eigenvalue weighted by Gasteiger charge is 2.35. The van der Waals surface area contributed by atoms with Gasteiger partial charge in [0.25, 0.3) is 0 Å². The van der Waals surface area contributed by atoms with Crippen LogP contribution in [-0.4, -0.2) is 0 Å². The molecule has 0 radical (unpaired) electrons. The van der Waals surface area contributed by atoms with Crippen molar-refractivity contribution in [3.05, 3.63) is 34.9 Å². The van der Waals surface area contributed by atoms with E-state index in [1.54, 1.807) is 0 Å². The zero-order valence-electron chi connectivity index (χ0n) is 11.6. The average Bonchev–Trinajstić information content (AvgIpc) is 2.28. The number of hydrogen-bond acceptors (Lipinski definition) is 1. The van der Waals surface area contributed by atoms with E-state index in [0.29, 0.717) is 0 Å². The molecule has 0 aliphatic heterocycles. The van der Waals surface area contributed by atoms with Gasteiger partial charge in [-0.25, -0.2) is 0 Å². The highest BCUT2D eigenvalue weighted by molar-refractivity contribution is 5.34. The fraction of sp³-hybridized carbons (Fsp3) is 0.625. The summed E-state index contributed by atoms with van der Waals surface area (Å²) in [5.74, 6) is 1.55. The molecule has 1 heteroatoms. The van der Waals surface area contributed by atoms with Crippen LogP contribution in [-0.2, 0) is 5.54 Å². The van der Waals surface area contributed by atoms with Crippen LogP contribution in [0.1, 0.15) is 49.8 Å². The third kappa shape index (κ3) is 2.40. The van der Waals surface area contributed by atoms with Crippen LogP contribution in [0.15, 0.2) is 18.2 Å². The number of nitrogens with two attached hydrogens (primary N) is 1. The van der Waals surface area contributed by atoms with Crippen molar-refractivity contribution in [3.63, 3.8) is 0 Å². The van der Waals surface area contributed by atoms with Gasteiger partial charge in [0.2, 0.25) is 0 Å². The number of hydrogen-bond donors (Lipinski definition) is 1. The fourth-order valence-corrected chi connectivity index (χ4v) is 2.96. The number of rotatable bonds is 1. The van der Waals surface area contributed by atoms with Crippen LogP contribution in [0.4, 0.5) is 0 Å². The molecule has 0 spiro atoms. The first kappa shape index (κ1) is 12.6. The second-order valence-electron chi connectivity index (χ2n) is 6.15. The molecule has 0 bridgehead atoms. The van der Waals surface area contributed by atoms with E-state index in [9.17, 15) is 0 Å². The van der Waals surface area contributed by atoms with Crippen LogP contribution in [0.25, 0.3) is 0 Å². The normalized spacial score (nSPS) is 33.7. The van der Waals surface area contributed by atoms with Crippen molar-refractivity contribution in [1.82, 2.24) is 0 Å². The summed E-state index contributed by atoms with van der Waals surface area (Å²) in [6.07, 6.45) is 3.50. The lowest BCUT2D eigenvalue weighted by Gasteiger charge is -2.40. The minimum Gasteiger partial charge on any atom is -0.321 e. The number of aryl methyl sites for hydroxylation is 2. The van der Waals surface area contributed by atoms with Gasteiger partial charge in [0.1, 0.15) is 0 Å². The predicted octanol–water partition coefficient (Wildman–Crippen LogP) is 3.91. The van der Waals surface area contributed by atoms with Gasteiger partial charge in [0.05, 0.1) is 0 Å². The fourth-order valence-electron chi connectivity index (χ4n) is 2.96. The summed E-state index contributed by atoms with van der Waals surface area (Å²) in [5, 5.41) is 0. The first-order chi connectivity index (χ1) is 7.92. The summed E-state index contributed by atoms with van der Waals surface area (Å²) in [6.45, 7) is 9.03. The van der Waals surface area contributed by atoms with Crippen molar-refractivity contribution >= 4 is 0 Å². The highest BCUT2D eigenvalue weighted by Crippen LogP contribution is 2.40. The SMILES string of the molecule is Cc1ccc(C2(N)CCC(C)C(C)C2)cc1C. The molecular weight excluding hydrogens is 206 g/mol. The molecule has 3 atom stereocenters. The third-order valence-corrected chi connectivity index (χ3v) is 4.79. The Morgan fingerprint density at radius 1 is 1.12 bits per heavy atom. The monoisotopic (exact) mass is 231 g/mol. The van der Waals surface area contributed by atoms with Gasteiger partial charge in [0.15, 0.2) is 0 Å². The van der Waals surface area contributed by atoms with Crippen molar-refractivity contribution in [3.8, 4) is 0 Å². The summed E-state index contributed by atoms with van der Waals surface area (Å²) in [4.78, 5) is 0. The largest absolute Gasteiger partial charge is 0.321 e. The van der Waals surface area contributed by atoms with Gasteiger partial charge in [-0.1, -0.05) is 32.0 Å². The molecule has 0 aromatic heterocycles. The van der Waals surface area contributed by atoms with E-state index in [0.717, 1.165) is 24.7 Å². The molecule has 0 amide bonds. The van der Waals surface area contributed by atoms with Gasteiger partial charge in [-0.05, 0) is 61.6 Å². The second kappa shape index (κ2) is 4.45. The highest BCUT2D eigenvalue weighted by atomic mass is 14.8. The van der Waals surface area contributed by atoms with Crippen LogP contribution < -0.4 is 5.73 Å². The van der Waals surface area contributed by atoms with E-state index in [1.807, 2.05) is 0 Å². The summed E-state index contributed by atoms with van der Waals surface area (Å²) in [7, 11) is 0.